The van der Waals surface area contributed by atoms with E-state index in [-0.39, 0.29) is 5.78 Å². The van der Waals surface area contributed by atoms with E-state index in [9.17, 15) is 4.79 Å². The van der Waals surface area contributed by atoms with Gasteiger partial charge in [-0.15, -0.1) is 0 Å². The summed E-state index contributed by atoms with van der Waals surface area (Å²) in [5, 5.41) is 4.19. The number of Topliss-reactive ketones (excluding diaryl/α,β-unsaturated/α-hetero) is 1. The average molecular weight is 242 g/mol. The number of ketones is 1. The van der Waals surface area contributed by atoms with Crippen LogP contribution in [0.4, 0.5) is 0 Å². The SMILES string of the molecule is CCCn1cc(C(=O)Cc2ccccc2C)cn1. The summed E-state index contributed by atoms with van der Waals surface area (Å²) in [5.74, 6) is 0.131. The number of hydrogen-bond donors (Lipinski definition) is 0. The van der Waals surface area contributed by atoms with Crippen molar-refractivity contribution >= 4 is 5.78 Å². The lowest BCUT2D eigenvalue weighted by atomic mass is 10.0. The van der Waals surface area contributed by atoms with Gasteiger partial charge in [0.1, 0.15) is 0 Å². The molecule has 0 saturated carbocycles. The number of carbonyl (C=O) groups excluding carboxylic acids is 1. The predicted molar refractivity (Wildman–Crippen MR) is 71.7 cm³/mol. The molecular weight excluding hydrogens is 224 g/mol. The van der Waals surface area contributed by atoms with Gasteiger partial charge in [0.2, 0.25) is 0 Å². The molecule has 3 nitrogen and oxygen atoms in total. The Labute approximate surface area is 107 Å². The van der Waals surface area contributed by atoms with E-state index in [1.54, 1.807) is 6.20 Å². The second-order valence-electron chi connectivity index (χ2n) is 4.52. The van der Waals surface area contributed by atoms with Gasteiger partial charge in [-0.3, -0.25) is 9.48 Å². The zero-order valence-electron chi connectivity index (χ0n) is 10.9. The van der Waals surface area contributed by atoms with Crippen LogP contribution in [0.25, 0.3) is 0 Å². The van der Waals surface area contributed by atoms with Gasteiger partial charge < -0.3 is 0 Å². The summed E-state index contributed by atoms with van der Waals surface area (Å²) >= 11 is 0. The quantitative estimate of drug-likeness (QED) is 0.755. The largest absolute Gasteiger partial charge is 0.294 e. The standard InChI is InChI=1S/C15H18N2O/c1-3-8-17-11-14(10-16-17)15(18)9-13-7-5-4-6-12(13)2/h4-7,10-11H,3,8-9H2,1-2H3. The van der Waals surface area contributed by atoms with E-state index in [1.807, 2.05) is 42.1 Å². The molecule has 0 N–H and O–H groups in total. The van der Waals surface area contributed by atoms with Crippen LogP contribution in [0.1, 0.15) is 34.8 Å². The first kappa shape index (κ1) is 12.6. The van der Waals surface area contributed by atoms with Gasteiger partial charge >= 0.3 is 0 Å². The number of carbonyl (C=O) groups is 1. The monoisotopic (exact) mass is 242 g/mol. The topological polar surface area (TPSA) is 34.9 Å². The molecule has 0 radical (unpaired) electrons. The van der Waals surface area contributed by atoms with Crippen LogP contribution >= 0.6 is 0 Å². The molecule has 0 fully saturated rings. The highest BCUT2D eigenvalue weighted by Gasteiger charge is 2.10. The molecule has 0 bridgehead atoms. The summed E-state index contributed by atoms with van der Waals surface area (Å²) in [6, 6.07) is 7.99. The lowest BCUT2D eigenvalue weighted by Gasteiger charge is -2.03. The maximum Gasteiger partial charge on any atom is 0.170 e. The van der Waals surface area contributed by atoms with Crippen molar-refractivity contribution in [2.24, 2.45) is 0 Å². The molecule has 0 spiro atoms. The van der Waals surface area contributed by atoms with E-state index in [0.717, 1.165) is 24.1 Å². The van der Waals surface area contributed by atoms with Crippen molar-refractivity contribution in [3.63, 3.8) is 0 Å². The molecule has 18 heavy (non-hydrogen) atoms. The van der Waals surface area contributed by atoms with Gasteiger partial charge in [-0.1, -0.05) is 31.2 Å². The van der Waals surface area contributed by atoms with Crippen molar-refractivity contribution in [1.29, 1.82) is 0 Å². The zero-order valence-corrected chi connectivity index (χ0v) is 10.9. The summed E-state index contributed by atoms with van der Waals surface area (Å²) in [6.07, 6.45) is 4.97. The molecule has 1 heterocycles. The van der Waals surface area contributed by atoms with Crippen LogP contribution < -0.4 is 0 Å². The minimum absolute atomic E-state index is 0.131. The Morgan fingerprint density at radius 3 is 2.83 bits per heavy atom. The maximum absolute atomic E-state index is 12.1. The first-order chi connectivity index (χ1) is 8.70. The minimum Gasteiger partial charge on any atom is -0.294 e. The van der Waals surface area contributed by atoms with Crippen molar-refractivity contribution in [1.82, 2.24) is 9.78 Å². The van der Waals surface area contributed by atoms with Gasteiger partial charge in [-0.2, -0.15) is 5.10 Å². The van der Waals surface area contributed by atoms with Crippen molar-refractivity contribution < 1.29 is 4.79 Å². The molecule has 0 amide bonds. The van der Waals surface area contributed by atoms with Crippen LogP contribution in [0.5, 0.6) is 0 Å². The van der Waals surface area contributed by atoms with Crippen LogP contribution in [0.2, 0.25) is 0 Å². The smallest absolute Gasteiger partial charge is 0.170 e. The van der Waals surface area contributed by atoms with E-state index in [0.29, 0.717) is 12.0 Å². The van der Waals surface area contributed by atoms with Gasteiger partial charge in [-0.05, 0) is 24.5 Å². The Kier molecular flexibility index (Phi) is 3.92. The number of aryl methyl sites for hydroxylation is 2. The first-order valence-electron chi connectivity index (χ1n) is 6.31. The molecule has 3 heteroatoms. The average Bonchev–Trinajstić information content (AvgIpc) is 2.81. The van der Waals surface area contributed by atoms with Crippen molar-refractivity contribution in [2.75, 3.05) is 0 Å². The normalized spacial score (nSPS) is 10.6. The third-order valence-corrected chi connectivity index (χ3v) is 3.02. The summed E-state index contributed by atoms with van der Waals surface area (Å²) in [4.78, 5) is 12.1. The lowest BCUT2D eigenvalue weighted by Crippen LogP contribution is -2.04. The molecule has 1 aromatic carbocycles. The fraction of sp³-hybridized carbons (Fsp3) is 0.333. The molecule has 94 valence electrons. The molecule has 0 saturated heterocycles. The van der Waals surface area contributed by atoms with Crippen LogP contribution in [0, 0.1) is 6.92 Å². The summed E-state index contributed by atoms with van der Waals surface area (Å²) in [7, 11) is 0. The Bertz CT molecular complexity index is 543. The molecule has 0 aliphatic rings. The van der Waals surface area contributed by atoms with Gasteiger partial charge in [0.25, 0.3) is 0 Å². The lowest BCUT2D eigenvalue weighted by molar-refractivity contribution is 0.0992. The van der Waals surface area contributed by atoms with Gasteiger partial charge in [-0.25, -0.2) is 0 Å². The van der Waals surface area contributed by atoms with Crippen molar-refractivity contribution in [3.05, 3.63) is 53.3 Å². The van der Waals surface area contributed by atoms with E-state index in [4.69, 9.17) is 0 Å². The summed E-state index contributed by atoms with van der Waals surface area (Å²) < 4.78 is 1.82. The van der Waals surface area contributed by atoms with Crippen LogP contribution in [0.3, 0.4) is 0 Å². The molecule has 2 aromatic rings. The molecule has 2 rings (SSSR count). The number of benzene rings is 1. The fourth-order valence-electron chi connectivity index (χ4n) is 1.94. The second-order valence-corrected chi connectivity index (χ2v) is 4.52. The highest BCUT2D eigenvalue weighted by Crippen LogP contribution is 2.11. The number of rotatable bonds is 5. The number of nitrogens with zero attached hydrogens (tertiary/aromatic N) is 2. The molecular formula is C15H18N2O. The van der Waals surface area contributed by atoms with Crippen LogP contribution in [0.15, 0.2) is 36.7 Å². The van der Waals surface area contributed by atoms with E-state index < -0.39 is 0 Å². The molecule has 1 aromatic heterocycles. The van der Waals surface area contributed by atoms with Crippen molar-refractivity contribution in [3.8, 4) is 0 Å². The fourth-order valence-corrected chi connectivity index (χ4v) is 1.94. The van der Waals surface area contributed by atoms with Gasteiger partial charge in [0, 0.05) is 19.2 Å². The molecule has 0 atom stereocenters. The second kappa shape index (κ2) is 5.63. The Morgan fingerprint density at radius 1 is 1.33 bits per heavy atom. The molecule has 0 aliphatic carbocycles. The van der Waals surface area contributed by atoms with E-state index in [2.05, 4.69) is 12.0 Å². The summed E-state index contributed by atoms with van der Waals surface area (Å²) in [6.45, 7) is 4.98. The van der Waals surface area contributed by atoms with E-state index >= 15 is 0 Å². The first-order valence-corrected chi connectivity index (χ1v) is 6.31. The van der Waals surface area contributed by atoms with Gasteiger partial charge in [0.05, 0.1) is 11.8 Å². The summed E-state index contributed by atoms with van der Waals surface area (Å²) in [5.41, 5.74) is 2.95. The minimum atomic E-state index is 0.131. The molecule has 0 aliphatic heterocycles. The number of aromatic nitrogens is 2. The number of hydrogen-bond acceptors (Lipinski definition) is 2. The Morgan fingerprint density at radius 2 is 2.11 bits per heavy atom. The van der Waals surface area contributed by atoms with Crippen molar-refractivity contribution in [2.45, 2.75) is 33.2 Å². The highest BCUT2D eigenvalue weighted by molar-refractivity contribution is 5.97. The predicted octanol–water partition coefficient (Wildman–Crippen LogP) is 3.03. The Hall–Kier alpha value is -1.90. The van der Waals surface area contributed by atoms with E-state index in [1.165, 1.54) is 0 Å². The third kappa shape index (κ3) is 2.86. The molecule has 0 unspecified atom stereocenters. The zero-order chi connectivity index (χ0) is 13.0. The Balaban J connectivity index is 2.10. The third-order valence-electron chi connectivity index (χ3n) is 3.02. The van der Waals surface area contributed by atoms with Gasteiger partial charge in [0.15, 0.2) is 5.78 Å². The van der Waals surface area contributed by atoms with Crippen LogP contribution in [-0.4, -0.2) is 15.6 Å². The van der Waals surface area contributed by atoms with Crippen LogP contribution in [-0.2, 0) is 13.0 Å². The maximum atomic E-state index is 12.1. The highest BCUT2D eigenvalue weighted by atomic mass is 16.1.